The number of ether oxygens (including phenoxy) is 1. The summed E-state index contributed by atoms with van der Waals surface area (Å²) in [6, 6.07) is 23.0. The summed E-state index contributed by atoms with van der Waals surface area (Å²) in [6.45, 7) is 0.302. The van der Waals surface area contributed by atoms with Crippen molar-refractivity contribution < 1.29 is 14.5 Å². The maximum Gasteiger partial charge on any atom is 0.269 e. The summed E-state index contributed by atoms with van der Waals surface area (Å²) in [7, 11) is 0. The van der Waals surface area contributed by atoms with Crippen LogP contribution < -0.4 is 10.1 Å². The van der Waals surface area contributed by atoms with Crippen LogP contribution in [0.3, 0.4) is 0 Å². The van der Waals surface area contributed by atoms with Crippen LogP contribution >= 0.6 is 11.8 Å². The van der Waals surface area contributed by atoms with E-state index >= 15 is 0 Å². The van der Waals surface area contributed by atoms with Crippen LogP contribution in [0.4, 0.5) is 11.4 Å². The van der Waals surface area contributed by atoms with Crippen LogP contribution in [0.5, 0.6) is 5.75 Å². The fraction of sp³-hybridized carbons (Fsp3) is 0.0435. The summed E-state index contributed by atoms with van der Waals surface area (Å²) in [5, 5.41) is 14.0. The second kappa shape index (κ2) is 9.27. The third-order valence-electron chi connectivity index (χ3n) is 4.37. The van der Waals surface area contributed by atoms with Gasteiger partial charge in [0, 0.05) is 12.1 Å². The van der Waals surface area contributed by atoms with Crippen LogP contribution in [-0.4, -0.2) is 16.0 Å². The average molecular weight is 431 g/mol. The Morgan fingerprint density at radius 2 is 1.71 bits per heavy atom. The molecule has 3 aromatic rings. The van der Waals surface area contributed by atoms with Crippen LogP contribution in [-0.2, 0) is 11.4 Å². The molecule has 0 bridgehead atoms. The monoisotopic (exact) mass is 431 g/mol. The molecule has 0 atom stereocenters. The summed E-state index contributed by atoms with van der Waals surface area (Å²) in [5.74, 6) is 0.480. The minimum Gasteiger partial charge on any atom is -0.489 e. The summed E-state index contributed by atoms with van der Waals surface area (Å²) in [5.41, 5.74) is 2.52. The van der Waals surface area contributed by atoms with Crippen molar-refractivity contribution in [2.75, 3.05) is 0 Å². The fourth-order valence-electron chi connectivity index (χ4n) is 2.79. The van der Waals surface area contributed by atoms with Crippen molar-refractivity contribution in [1.29, 1.82) is 0 Å². The summed E-state index contributed by atoms with van der Waals surface area (Å²) < 4.78 is 5.73. The van der Waals surface area contributed by atoms with E-state index in [0.29, 0.717) is 22.4 Å². The van der Waals surface area contributed by atoms with Crippen molar-refractivity contribution in [2.45, 2.75) is 6.61 Å². The van der Waals surface area contributed by atoms with Gasteiger partial charge in [-0.05, 0) is 65.4 Å². The first-order valence-corrected chi connectivity index (χ1v) is 10.2. The van der Waals surface area contributed by atoms with Crippen LogP contribution in [0.15, 0.2) is 88.8 Å². The van der Waals surface area contributed by atoms with Gasteiger partial charge in [-0.25, -0.2) is 4.99 Å². The van der Waals surface area contributed by atoms with E-state index in [0.717, 1.165) is 16.8 Å². The van der Waals surface area contributed by atoms with Gasteiger partial charge in [0.1, 0.15) is 12.4 Å². The van der Waals surface area contributed by atoms with Crippen LogP contribution in [0, 0.1) is 10.1 Å². The van der Waals surface area contributed by atoms with Crippen molar-refractivity contribution in [2.24, 2.45) is 4.99 Å². The molecule has 0 spiro atoms. The number of hydrogen-bond acceptors (Lipinski definition) is 6. The Morgan fingerprint density at radius 1 is 1.00 bits per heavy atom. The molecule has 1 aliphatic heterocycles. The van der Waals surface area contributed by atoms with Crippen molar-refractivity contribution in [1.82, 2.24) is 5.32 Å². The molecule has 8 heteroatoms. The number of hydrogen-bond donors (Lipinski definition) is 1. The van der Waals surface area contributed by atoms with Gasteiger partial charge in [-0.1, -0.05) is 30.3 Å². The number of thioether (sulfide) groups is 1. The zero-order valence-corrected chi connectivity index (χ0v) is 17.0. The van der Waals surface area contributed by atoms with E-state index in [1.165, 1.54) is 23.9 Å². The molecule has 0 unspecified atom stereocenters. The smallest absolute Gasteiger partial charge is 0.269 e. The molecule has 3 aromatic carbocycles. The molecule has 7 nitrogen and oxygen atoms in total. The van der Waals surface area contributed by atoms with E-state index in [-0.39, 0.29) is 11.6 Å². The molecule has 1 saturated heterocycles. The lowest BCUT2D eigenvalue weighted by atomic mass is 10.2. The van der Waals surface area contributed by atoms with E-state index < -0.39 is 4.92 Å². The molecule has 0 saturated carbocycles. The largest absolute Gasteiger partial charge is 0.489 e. The quantitative estimate of drug-likeness (QED) is 0.334. The number of carbonyl (C=O) groups excluding carboxylic acids is 1. The third kappa shape index (κ3) is 5.37. The highest BCUT2D eigenvalue weighted by atomic mass is 32.2. The maximum atomic E-state index is 12.2. The number of benzene rings is 3. The molecular formula is C23H17N3O4S. The Hall–Kier alpha value is -3.91. The Labute approximate surface area is 182 Å². The highest BCUT2D eigenvalue weighted by Gasteiger charge is 2.23. The van der Waals surface area contributed by atoms with Crippen molar-refractivity contribution in [3.63, 3.8) is 0 Å². The van der Waals surface area contributed by atoms with Gasteiger partial charge < -0.3 is 10.1 Å². The maximum absolute atomic E-state index is 12.2. The SMILES string of the molecule is O=C1NC(=Nc2ccccc2)SC1=Cc1ccc(OCc2ccc([N+](=O)[O-])cc2)cc1. The number of aliphatic imine (C=N–C) groups is 1. The number of non-ortho nitro benzene ring substituents is 1. The number of nitrogens with zero attached hydrogens (tertiary/aromatic N) is 2. The molecular weight excluding hydrogens is 414 g/mol. The molecule has 1 amide bonds. The van der Waals surface area contributed by atoms with Gasteiger partial charge in [0.2, 0.25) is 0 Å². The minimum atomic E-state index is -0.433. The Balaban J connectivity index is 1.37. The van der Waals surface area contributed by atoms with Crippen LogP contribution in [0.1, 0.15) is 11.1 Å². The highest BCUT2D eigenvalue weighted by molar-refractivity contribution is 8.18. The number of para-hydroxylation sites is 1. The van der Waals surface area contributed by atoms with Gasteiger partial charge in [-0.3, -0.25) is 14.9 Å². The second-order valence-electron chi connectivity index (χ2n) is 6.60. The minimum absolute atomic E-state index is 0.0481. The summed E-state index contributed by atoms with van der Waals surface area (Å²) in [4.78, 5) is 27.5. The molecule has 1 aliphatic rings. The van der Waals surface area contributed by atoms with Gasteiger partial charge in [-0.15, -0.1) is 0 Å². The molecule has 0 aromatic heterocycles. The average Bonchev–Trinajstić information content (AvgIpc) is 3.12. The lowest BCUT2D eigenvalue weighted by Gasteiger charge is -2.06. The zero-order chi connectivity index (χ0) is 21.6. The van der Waals surface area contributed by atoms with Crippen LogP contribution in [0.2, 0.25) is 0 Å². The first-order valence-electron chi connectivity index (χ1n) is 9.38. The predicted octanol–water partition coefficient (Wildman–Crippen LogP) is 5.07. The second-order valence-corrected chi connectivity index (χ2v) is 7.63. The van der Waals surface area contributed by atoms with E-state index in [1.807, 2.05) is 54.6 Å². The molecule has 0 aliphatic carbocycles. The van der Waals surface area contributed by atoms with Gasteiger partial charge in [0.15, 0.2) is 5.17 Å². The number of amides is 1. The number of amidine groups is 1. The number of nitrogens with one attached hydrogen (secondary N) is 1. The summed E-state index contributed by atoms with van der Waals surface area (Å²) >= 11 is 1.29. The lowest BCUT2D eigenvalue weighted by Crippen LogP contribution is -2.19. The number of carbonyl (C=O) groups is 1. The molecule has 1 N–H and O–H groups in total. The first kappa shape index (κ1) is 20.4. The van der Waals surface area contributed by atoms with Gasteiger partial charge in [0.05, 0.1) is 15.5 Å². The molecule has 1 heterocycles. The standard InChI is InChI=1S/C23H17N3O4S/c27-22-21(31-23(25-22)24-18-4-2-1-3-5-18)14-16-8-12-20(13-9-16)30-15-17-6-10-19(11-7-17)26(28)29/h1-14H,15H2,(H,24,25,27). The van der Waals surface area contributed by atoms with Crippen molar-refractivity contribution in [3.05, 3.63) is 105 Å². The number of rotatable bonds is 6. The Morgan fingerprint density at radius 3 is 2.39 bits per heavy atom. The topological polar surface area (TPSA) is 93.8 Å². The molecule has 31 heavy (non-hydrogen) atoms. The zero-order valence-electron chi connectivity index (χ0n) is 16.2. The Kier molecular flexibility index (Phi) is 6.09. The fourth-order valence-corrected chi connectivity index (χ4v) is 3.63. The van der Waals surface area contributed by atoms with Gasteiger partial charge >= 0.3 is 0 Å². The first-order chi connectivity index (χ1) is 15.1. The van der Waals surface area contributed by atoms with E-state index in [1.54, 1.807) is 18.2 Å². The lowest BCUT2D eigenvalue weighted by molar-refractivity contribution is -0.384. The van der Waals surface area contributed by atoms with E-state index in [4.69, 9.17) is 4.74 Å². The van der Waals surface area contributed by atoms with Gasteiger partial charge in [0.25, 0.3) is 11.6 Å². The number of nitro benzene ring substituents is 1. The van der Waals surface area contributed by atoms with Gasteiger partial charge in [-0.2, -0.15) is 0 Å². The third-order valence-corrected chi connectivity index (χ3v) is 5.28. The molecule has 4 rings (SSSR count). The van der Waals surface area contributed by atoms with E-state index in [9.17, 15) is 14.9 Å². The number of nitro groups is 1. The van der Waals surface area contributed by atoms with E-state index in [2.05, 4.69) is 10.3 Å². The Bertz CT molecular complexity index is 1160. The van der Waals surface area contributed by atoms with Crippen LogP contribution in [0.25, 0.3) is 6.08 Å². The van der Waals surface area contributed by atoms with Crippen molar-refractivity contribution >= 4 is 40.3 Å². The normalized spacial score (nSPS) is 15.8. The molecule has 0 radical (unpaired) electrons. The predicted molar refractivity (Wildman–Crippen MR) is 121 cm³/mol. The van der Waals surface area contributed by atoms with Crippen molar-refractivity contribution in [3.8, 4) is 5.75 Å². The molecule has 1 fully saturated rings. The summed E-state index contributed by atoms with van der Waals surface area (Å²) in [6.07, 6.45) is 1.80. The molecule has 154 valence electrons. The highest BCUT2D eigenvalue weighted by Crippen LogP contribution is 2.28.